The van der Waals surface area contributed by atoms with Gasteiger partial charge in [-0.1, -0.05) is 24.3 Å². The molecule has 0 amide bonds. The number of aryl methyl sites for hydroxylation is 1. The second kappa shape index (κ2) is 6.15. The van der Waals surface area contributed by atoms with Crippen LogP contribution in [0.4, 0.5) is 5.13 Å². The Kier molecular flexibility index (Phi) is 4.06. The van der Waals surface area contributed by atoms with Crippen LogP contribution in [0.3, 0.4) is 0 Å². The molecule has 4 nitrogen and oxygen atoms in total. The van der Waals surface area contributed by atoms with E-state index in [1.165, 1.54) is 11.3 Å². The van der Waals surface area contributed by atoms with Gasteiger partial charge in [0.15, 0.2) is 5.13 Å². The molecule has 0 aliphatic rings. The molecule has 0 aliphatic heterocycles. The van der Waals surface area contributed by atoms with Crippen molar-refractivity contribution in [2.45, 2.75) is 13.8 Å². The van der Waals surface area contributed by atoms with Gasteiger partial charge in [-0.05, 0) is 25.5 Å². The Labute approximate surface area is 133 Å². The van der Waals surface area contributed by atoms with Crippen LogP contribution < -0.4 is 10.5 Å². The summed E-state index contributed by atoms with van der Waals surface area (Å²) in [4.78, 5) is 9.92. The number of rotatable bonds is 4. The summed E-state index contributed by atoms with van der Waals surface area (Å²) in [5, 5.41) is 0.590. The fraction of sp³-hybridized carbons (Fsp3) is 0.176. The highest BCUT2D eigenvalue weighted by Gasteiger charge is 2.13. The molecule has 0 saturated heterocycles. The predicted molar refractivity (Wildman–Crippen MR) is 91.1 cm³/mol. The number of aromatic nitrogens is 2. The number of nitrogens with two attached hydrogens (primary N) is 1. The van der Waals surface area contributed by atoms with E-state index in [9.17, 15) is 0 Å². The third-order valence-corrected chi connectivity index (χ3v) is 4.13. The highest BCUT2D eigenvalue weighted by Crippen LogP contribution is 2.35. The Hall–Kier alpha value is -2.40. The Bertz CT molecular complexity index is 781. The number of hydrogen-bond donors (Lipinski definition) is 1. The van der Waals surface area contributed by atoms with E-state index in [2.05, 4.69) is 22.1 Å². The van der Waals surface area contributed by atoms with Gasteiger partial charge in [-0.25, -0.2) is 9.97 Å². The summed E-state index contributed by atoms with van der Waals surface area (Å²) < 4.78 is 5.40. The van der Waals surface area contributed by atoms with Crippen molar-refractivity contribution in [3.8, 4) is 28.3 Å². The number of hydrogen-bond acceptors (Lipinski definition) is 5. The fourth-order valence-electron chi connectivity index (χ4n) is 2.38. The number of nitrogens with zero attached hydrogens (tertiary/aromatic N) is 2. The molecule has 3 aromatic rings. The molecule has 22 heavy (non-hydrogen) atoms. The van der Waals surface area contributed by atoms with Gasteiger partial charge in [0.2, 0.25) is 5.88 Å². The van der Waals surface area contributed by atoms with Crippen molar-refractivity contribution in [2.75, 3.05) is 12.3 Å². The van der Waals surface area contributed by atoms with Gasteiger partial charge in [-0.2, -0.15) is 0 Å². The van der Waals surface area contributed by atoms with Gasteiger partial charge in [0.1, 0.15) is 0 Å². The van der Waals surface area contributed by atoms with Crippen molar-refractivity contribution in [3.63, 3.8) is 0 Å². The fourth-order valence-corrected chi connectivity index (χ4v) is 3.08. The maximum atomic E-state index is 5.84. The third kappa shape index (κ3) is 2.80. The Balaban J connectivity index is 2.06. The highest BCUT2D eigenvalue weighted by molar-refractivity contribution is 7.15. The summed E-state index contributed by atoms with van der Waals surface area (Å²) in [6.07, 6.45) is 1.83. The molecular formula is C17H17N3OS. The lowest BCUT2D eigenvalue weighted by molar-refractivity contribution is 0.327. The van der Waals surface area contributed by atoms with E-state index in [1.807, 2.05) is 44.3 Å². The van der Waals surface area contributed by atoms with Gasteiger partial charge in [-0.15, -0.1) is 11.3 Å². The van der Waals surface area contributed by atoms with E-state index in [4.69, 9.17) is 10.5 Å². The first-order valence-electron chi connectivity index (χ1n) is 7.10. The van der Waals surface area contributed by atoms with Crippen LogP contribution in [-0.2, 0) is 0 Å². The molecule has 0 saturated carbocycles. The molecule has 0 spiro atoms. The number of pyridine rings is 1. The average molecular weight is 311 g/mol. The molecule has 112 valence electrons. The van der Waals surface area contributed by atoms with Crippen molar-refractivity contribution in [3.05, 3.63) is 47.5 Å². The van der Waals surface area contributed by atoms with Crippen LogP contribution in [0.1, 0.15) is 11.8 Å². The molecule has 3 rings (SSSR count). The maximum Gasteiger partial charge on any atom is 0.213 e. The molecule has 1 aromatic carbocycles. The lowest BCUT2D eigenvalue weighted by Gasteiger charge is -2.09. The predicted octanol–water partition coefficient (Wildman–Crippen LogP) is 4.16. The highest BCUT2D eigenvalue weighted by atomic mass is 32.1. The van der Waals surface area contributed by atoms with Gasteiger partial charge in [0, 0.05) is 28.3 Å². The third-order valence-electron chi connectivity index (χ3n) is 3.33. The molecule has 0 aliphatic carbocycles. The van der Waals surface area contributed by atoms with E-state index in [1.54, 1.807) is 0 Å². The van der Waals surface area contributed by atoms with Gasteiger partial charge < -0.3 is 10.5 Å². The number of ether oxygens (including phenoxy) is 1. The topological polar surface area (TPSA) is 61.0 Å². The van der Waals surface area contributed by atoms with E-state index < -0.39 is 0 Å². The summed E-state index contributed by atoms with van der Waals surface area (Å²) >= 11 is 1.51. The van der Waals surface area contributed by atoms with Gasteiger partial charge in [0.05, 0.1) is 12.3 Å². The molecule has 0 fully saturated rings. The van der Waals surface area contributed by atoms with E-state index in [0.717, 1.165) is 27.3 Å². The van der Waals surface area contributed by atoms with Crippen molar-refractivity contribution in [1.82, 2.24) is 9.97 Å². The second-order valence-electron chi connectivity index (χ2n) is 4.82. The monoisotopic (exact) mass is 311 g/mol. The zero-order valence-electron chi connectivity index (χ0n) is 12.5. The van der Waals surface area contributed by atoms with Gasteiger partial charge in [0.25, 0.3) is 0 Å². The minimum absolute atomic E-state index is 0.590. The SMILES string of the molecule is CCOc1ccc(-c2ccccc2-c2nc(N)sc2C)cn1. The molecule has 0 radical (unpaired) electrons. The second-order valence-corrected chi connectivity index (χ2v) is 6.06. The first kappa shape index (κ1) is 14.5. The average Bonchev–Trinajstić information content (AvgIpc) is 2.87. The van der Waals surface area contributed by atoms with Crippen LogP contribution in [0.25, 0.3) is 22.4 Å². The Morgan fingerprint density at radius 3 is 2.50 bits per heavy atom. The van der Waals surface area contributed by atoms with E-state index in [-0.39, 0.29) is 0 Å². The molecular weight excluding hydrogens is 294 g/mol. The number of nitrogen functional groups attached to an aromatic ring is 1. The van der Waals surface area contributed by atoms with Crippen molar-refractivity contribution >= 4 is 16.5 Å². The van der Waals surface area contributed by atoms with Crippen LogP contribution in [0, 0.1) is 6.92 Å². The minimum Gasteiger partial charge on any atom is -0.478 e. The van der Waals surface area contributed by atoms with Crippen LogP contribution in [0.5, 0.6) is 5.88 Å². The summed E-state index contributed by atoms with van der Waals surface area (Å²) in [5.41, 5.74) is 9.96. The van der Waals surface area contributed by atoms with E-state index >= 15 is 0 Å². The Morgan fingerprint density at radius 1 is 1.14 bits per heavy atom. The van der Waals surface area contributed by atoms with Gasteiger partial charge in [-0.3, -0.25) is 0 Å². The first-order chi connectivity index (χ1) is 10.7. The first-order valence-corrected chi connectivity index (χ1v) is 7.92. The summed E-state index contributed by atoms with van der Waals surface area (Å²) in [7, 11) is 0. The van der Waals surface area contributed by atoms with Gasteiger partial charge >= 0.3 is 0 Å². The van der Waals surface area contributed by atoms with E-state index in [0.29, 0.717) is 17.6 Å². The molecule has 2 heterocycles. The number of anilines is 1. The summed E-state index contributed by atoms with van der Waals surface area (Å²) in [6, 6.07) is 12.1. The van der Waals surface area contributed by atoms with Crippen LogP contribution in [-0.4, -0.2) is 16.6 Å². The lowest BCUT2D eigenvalue weighted by atomic mass is 9.98. The quantitative estimate of drug-likeness (QED) is 0.786. The molecule has 0 atom stereocenters. The zero-order valence-corrected chi connectivity index (χ0v) is 13.4. The minimum atomic E-state index is 0.590. The summed E-state index contributed by atoms with van der Waals surface area (Å²) in [6.45, 7) is 4.59. The normalized spacial score (nSPS) is 10.6. The molecule has 2 aromatic heterocycles. The molecule has 0 bridgehead atoms. The number of benzene rings is 1. The van der Waals surface area contributed by atoms with Crippen molar-refractivity contribution in [1.29, 1.82) is 0 Å². The maximum absolute atomic E-state index is 5.84. The zero-order chi connectivity index (χ0) is 15.5. The standard InChI is InChI=1S/C17H17N3OS/c1-3-21-15-9-8-12(10-19-15)13-6-4-5-7-14(13)16-11(2)22-17(18)20-16/h4-10H,3H2,1-2H3,(H2,18,20). The van der Waals surface area contributed by atoms with Crippen LogP contribution in [0.2, 0.25) is 0 Å². The van der Waals surface area contributed by atoms with Crippen LogP contribution in [0.15, 0.2) is 42.6 Å². The van der Waals surface area contributed by atoms with Crippen molar-refractivity contribution in [2.24, 2.45) is 0 Å². The van der Waals surface area contributed by atoms with Crippen molar-refractivity contribution < 1.29 is 4.74 Å². The lowest BCUT2D eigenvalue weighted by Crippen LogP contribution is -1.94. The molecule has 2 N–H and O–H groups in total. The Morgan fingerprint density at radius 2 is 1.91 bits per heavy atom. The number of thiazole rings is 1. The molecule has 5 heteroatoms. The summed E-state index contributed by atoms with van der Waals surface area (Å²) in [5.74, 6) is 0.637. The largest absolute Gasteiger partial charge is 0.478 e. The molecule has 0 unspecified atom stereocenters. The smallest absolute Gasteiger partial charge is 0.213 e. The van der Waals surface area contributed by atoms with Crippen LogP contribution >= 0.6 is 11.3 Å².